The van der Waals surface area contributed by atoms with Crippen molar-refractivity contribution in [3.63, 3.8) is 0 Å². The molecule has 2 aromatic carbocycles. The maximum Gasteiger partial charge on any atom is 0.409 e. The monoisotopic (exact) mass is 541 g/mol. The highest BCUT2D eigenvalue weighted by molar-refractivity contribution is 6.06. The predicted octanol–water partition coefficient (Wildman–Crippen LogP) is 4.67. The fraction of sp³-hybridized carbons (Fsp3) is 0.429. The third-order valence-electron chi connectivity index (χ3n) is 5.93. The minimum Gasteiger partial charge on any atom is -0.493 e. The summed E-state index contributed by atoms with van der Waals surface area (Å²) < 4.78 is 11.0. The summed E-state index contributed by atoms with van der Waals surface area (Å²) in [4.78, 5) is 55.6. The van der Waals surface area contributed by atoms with Crippen molar-refractivity contribution >= 4 is 29.6 Å². The summed E-state index contributed by atoms with van der Waals surface area (Å²) in [6.07, 6.45) is 2.97. The highest BCUT2D eigenvalue weighted by atomic mass is 16.7. The van der Waals surface area contributed by atoms with Crippen LogP contribution in [0.4, 0.5) is 10.5 Å². The molecule has 3 N–H and O–H groups in total. The Kier molecular flexibility index (Phi) is 10.1. The zero-order chi connectivity index (χ0) is 28.5. The van der Waals surface area contributed by atoms with E-state index in [0.717, 1.165) is 0 Å². The number of rotatable bonds is 9. The molecule has 0 unspecified atom stereocenters. The van der Waals surface area contributed by atoms with Crippen molar-refractivity contribution in [1.82, 2.24) is 10.4 Å². The van der Waals surface area contributed by atoms with Crippen molar-refractivity contribution in [1.29, 1.82) is 0 Å². The Morgan fingerprint density at radius 1 is 1.08 bits per heavy atom. The van der Waals surface area contributed by atoms with Gasteiger partial charge in [0.1, 0.15) is 0 Å². The van der Waals surface area contributed by atoms with Gasteiger partial charge in [-0.1, -0.05) is 51.3 Å². The Bertz CT molecular complexity index is 1210. The van der Waals surface area contributed by atoms with Crippen LogP contribution in [0.2, 0.25) is 0 Å². The molecule has 3 amide bonds. The molecule has 11 nitrogen and oxygen atoms in total. The minimum absolute atomic E-state index is 0.142. The van der Waals surface area contributed by atoms with E-state index in [2.05, 4.69) is 10.8 Å². The lowest BCUT2D eigenvalue weighted by atomic mass is 10.0. The van der Waals surface area contributed by atoms with Crippen LogP contribution in [-0.4, -0.2) is 47.6 Å². The number of ether oxygens (including phenoxy) is 2. The van der Waals surface area contributed by atoms with Gasteiger partial charge in [0.2, 0.25) is 0 Å². The Labute approximate surface area is 227 Å². The number of hydroxylamine groups is 1. The molecule has 0 spiro atoms. The minimum atomic E-state index is -1.30. The van der Waals surface area contributed by atoms with E-state index < -0.39 is 35.8 Å². The van der Waals surface area contributed by atoms with Crippen LogP contribution in [0.25, 0.3) is 0 Å². The standard InChI is InChI=1S/C25H29N3O8.C3H6/c1-5-35-20-11-15(9-10-19(20)34-4)18(12-21(29)27-36-24(31)14(2)3)28-13-16-7-6-8-17(26-25(32)33)22(16)23(28)30;1-2-3-1/h6-11,14,18,26H,5,12-13H2,1-4H3,(H,27,29)(H,32,33);1-3H2/t18-;/m1./s1. The zero-order valence-electron chi connectivity index (χ0n) is 22.6. The second kappa shape index (κ2) is 13.5. The summed E-state index contributed by atoms with van der Waals surface area (Å²) >= 11 is 0. The number of carboxylic acid groups (broad SMARTS) is 1. The first-order valence-electron chi connectivity index (χ1n) is 12.9. The largest absolute Gasteiger partial charge is 0.493 e. The lowest BCUT2D eigenvalue weighted by Gasteiger charge is -2.28. The Morgan fingerprint density at radius 3 is 2.38 bits per heavy atom. The normalized spacial score (nSPS) is 14.0. The molecule has 2 aromatic rings. The molecule has 0 bridgehead atoms. The highest BCUT2D eigenvalue weighted by Crippen LogP contribution is 2.39. The van der Waals surface area contributed by atoms with Crippen LogP contribution >= 0.6 is 0 Å². The van der Waals surface area contributed by atoms with Gasteiger partial charge in [0, 0.05) is 6.54 Å². The lowest BCUT2D eigenvalue weighted by molar-refractivity contribution is -0.161. The van der Waals surface area contributed by atoms with Crippen LogP contribution in [0.3, 0.4) is 0 Å². The summed E-state index contributed by atoms with van der Waals surface area (Å²) in [6, 6.07) is 9.16. The number of amides is 3. The number of hydrogen-bond acceptors (Lipinski definition) is 7. The molecule has 0 aromatic heterocycles. The second-order valence-electron chi connectivity index (χ2n) is 9.43. The molecule has 1 aliphatic heterocycles. The van der Waals surface area contributed by atoms with Crippen molar-refractivity contribution < 1.29 is 38.6 Å². The van der Waals surface area contributed by atoms with Gasteiger partial charge in [0.25, 0.3) is 11.8 Å². The number of methoxy groups -OCH3 is 1. The number of hydrogen-bond donors (Lipinski definition) is 3. The molecule has 4 rings (SSSR count). The lowest BCUT2D eigenvalue weighted by Crippen LogP contribution is -2.35. The van der Waals surface area contributed by atoms with Gasteiger partial charge in [-0.2, -0.15) is 5.48 Å². The molecule has 11 heteroatoms. The molecule has 1 saturated carbocycles. The van der Waals surface area contributed by atoms with Gasteiger partial charge >= 0.3 is 12.1 Å². The Morgan fingerprint density at radius 2 is 1.79 bits per heavy atom. The SMILES string of the molecule is C1CC1.CCOc1cc([C@@H](CC(=O)NOC(=O)C(C)C)N2Cc3cccc(NC(=O)O)c3C2=O)ccc1OC. The quantitative estimate of drug-likeness (QED) is 0.389. The van der Waals surface area contributed by atoms with Crippen molar-refractivity contribution in [2.75, 3.05) is 19.0 Å². The van der Waals surface area contributed by atoms with Gasteiger partial charge in [-0.05, 0) is 36.2 Å². The molecule has 0 saturated heterocycles. The van der Waals surface area contributed by atoms with Crippen molar-refractivity contribution in [3.8, 4) is 11.5 Å². The third-order valence-corrected chi connectivity index (χ3v) is 5.93. The first kappa shape index (κ1) is 29.3. The second-order valence-corrected chi connectivity index (χ2v) is 9.43. The van der Waals surface area contributed by atoms with Crippen molar-refractivity contribution in [3.05, 3.63) is 53.1 Å². The number of carbonyl (C=O) groups is 4. The van der Waals surface area contributed by atoms with Gasteiger partial charge < -0.3 is 24.3 Å². The van der Waals surface area contributed by atoms with E-state index in [-0.39, 0.29) is 24.2 Å². The van der Waals surface area contributed by atoms with Gasteiger partial charge in [-0.15, -0.1) is 0 Å². The van der Waals surface area contributed by atoms with Crippen LogP contribution in [0.5, 0.6) is 11.5 Å². The van der Waals surface area contributed by atoms with Crippen molar-refractivity contribution in [2.45, 2.75) is 59.0 Å². The summed E-state index contributed by atoms with van der Waals surface area (Å²) in [5.74, 6) is -1.18. The first-order chi connectivity index (χ1) is 18.7. The first-order valence-corrected chi connectivity index (χ1v) is 12.9. The van der Waals surface area contributed by atoms with Gasteiger partial charge in [0.05, 0.1) is 43.3 Å². The molecule has 1 fully saturated rings. The number of nitrogens with one attached hydrogen (secondary N) is 2. The smallest absolute Gasteiger partial charge is 0.409 e. The van der Waals surface area contributed by atoms with Gasteiger partial charge in [0.15, 0.2) is 11.5 Å². The molecule has 0 radical (unpaired) electrons. The summed E-state index contributed by atoms with van der Waals surface area (Å²) in [7, 11) is 1.50. The van der Waals surface area contributed by atoms with E-state index in [0.29, 0.717) is 29.2 Å². The fourth-order valence-electron chi connectivity index (χ4n) is 3.87. The van der Waals surface area contributed by atoms with Gasteiger partial charge in [-0.25, -0.2) is 9.59 Å². The predicted molar refractivity (Wildman–Crippen MR) is 142 cm³/mol. The average Bonchev–Trinajstić information content (AvgIpc) is 3.75. The zero-order valence-corrected chi connectivity index (χ0v) is 22.6. The molecular weight excluding hydrogens is 506 g/mol. The van der Waals surface area contributed by atoms with Crippen LogP contribution in [0.1, 0.15) is 74.0 Å². The van der Waals surface area contributed by atoms with E-state index >= 15 is 0 Å². The van der Waals surface area contributed by atoms with Crippen LogP contribution in [0, 0.1) is 5.92 Å². The molecule has 210 valence electrons. The van der Waals surface area contributed by atoms with E-state index in [1.807, 2.05) is 6.92 Å². The molecule has 39 heavy (non-hydrogen) atoms. The number of nitrogens with zero attached hydrogens (tertiary/aromatic N) is 1. The number of fused-ring (bicyclic) bond motifs is 1. The fourth-order valence-corrected chi connectivity index (χ4v) is 3.87. The highest BCUT2D eigenvalue weighted by Gasteiger charge is 2.37. The number of carbonyl (C=O) groups excluding carboxylic acids is 3. The maximum atomic E-state index is 13.5. The molecule has 1 heterocycles. The summed E-state index contributed by atoms with van der Waals surface area (Å²) in [6.45, 7) is 5.59. The average molecular weight is 542 g/mol. The molecule has 2 aliphatic rings. The summed E-state index contributed by atoms with van der Waals surface area (Å²) in [5.41, 5.74) is 3.72. The molecule has 1 aliphatic carbocycles. The van der Waals surface area contributed by atoms with E-state index in [4.69, 9.17) is 14.3 Å². The van der Waals surface area contributed by atoms with E-state index in [1.165, 1.54) is 37.3 Å². The van der Waals surface area contributed by atoms with E-state index in [9.17, 15) is 24.3 Å². The van der Waals surface area contributed by atoms with Crippen LogP contribution in [0.15, 0.2) is 36.4 Å². The van der Waals surface area contributed by atoms with E-state index in [1.54, 1.807) is 44.2 Å². The number of anilines is 1. The summed E-state index contributed by atoms with van der Waals surface area (Å²) in [5, 5.41) is 11.4. The van der Waals surface area contributed by atoms with Gasteiger partial charge in [-0.3, -0.25) is 14.9 Å². The van der Waals surface area contributed by atoms with Crippen molar-refractivity contribution in [2.24, 2.45) is 5.92 Å². The Balaban J connectivity index is 0.00000131. The Hall–Kier alpha value is -4.28. The maximum absolute atomic E-state index is 13.5. The van der Waals surface area contributed by atoms with Crippen LogP contribution in [-0.2, 0) is 21.0 Å². The third kappa shape index (κ3) is 7.86. The topological polar surface area (TPSA) is 144 Å². The molecular formula is C28H35N3O8. The van der Waals surface area contributed by atoms with Crippen LogP contribution < -0.4 is 20.3 Å². The number of benzene rings is 2. The molecule has 1 atom stereocenters.